The smallest absolute Gasteiger partial charge is 0.336 e. The number of carboxylic acids is 3. The Balaban J connectivity index is 0.000000423. The number of hydrogen-bond acceptors (Lipinski definition) is 6. The first-order chi connectivity index (χ1) is 9.58. The summed E-state index contributed by atoms with van der Waals surface area (Å²) in [5.74, 6) is -5.35. The van der Waals surface area contributed by atoms with E-state index >= 15 is 0 Å². The number of carboxylic acid groups (broad SMARTS) is 3. The van der Waals surface area contributed by atoms with Gasteiger partial charge in [-0.25, -0.2) is 4.79 Å². The minimum atomic E-state index is -2.74. The van der Waals surface area contributed by atoms with Gasteiger partial charge < -0.3 is 30.6 Å². The van der Waals surface area contributed by atoms with E-state index in [1.165, 1.54) is 12.3 Å². The first-order valence-electron chi connectivity index (χ1n) is 5.31. The monoisotopic (exact) mass is 303 g/mol. The predicted octanol–water partition coefficient (Wildman–Crippen LogP) is -0.870. The molecule has 0 aromatic carbocycles. The Morgan fingerprint density at radius 1 is 1.10 bits per heavy atom. The SMILES string of the molecule is NC(=O)c1ccco1.O=C(O)CC(O)(CC(=O)O)C(=O)O. The Labute approximate surface area is 117 Å². The van der Waals surface area contributed by atoms with Crippen molar-refractivity contribution in [2.45, 2.75) is 18.4 Å². The zero-order chi connectivity index (χ0) is 16.6. The van der Waals surface area contributed by atoms with E-state index in [-0.39, 0.29) is 5.76 Å². The summed E-state index contributed by atoms with van der Waals surface area (Å²) in [6.07, 6.45) is -0.886. The second-order valence-electron chi connectivity index (χ2n) is 3.82. The highest BCUT2D eigenvalue weighted by atomic mass is 16.4. The zero-order valence-corrected chi connectivity index (χ0v) is 10.6. The van der Waals surface area contributed by atoms with Crippen LogP contribution < -0.4 is 5.73 Å². The second kappa shape index (κ2) is 7.65. The maximum absolute atomic E-state index is 10.3. The Morgan fingerprint density at radius 2 is 1.57 bits per heavy atom. The molecule has 1 rings (SSSR count). The molecule has 1 aromatic rings. The van der Waals surface area contributed by atoms with Crippen molar-refractivity contribution in [3.8, 4) is 0 Å². The lowest BCUT2D eigenvalue weighted by molar-refractivity contribution is -0.170. The lowest BCUT2D eigenvalue weighted by Gasteiger charge is -2.18. The normalized spacial score (nSPS) is 10.1. The standard InChI is InChI=1S/C6H8O7.C5H5NO2/c7-3(8)1-6(13,5(11)12)2-4(9)10;6-5(7)4-2-1-3-8-4/h13H,1-2H2,(H,7,8)(H,9,10)(H,11,12);1-3H,(H2,6,7). The van der Waals surface area contributed by atoms with Gasteiger partial charge in [0.1, 0.15) is 0 Å². The van der Waals surface area contributed by atoms with Crippen LogP contribution in [-0.4, -0.2) is 49.8 Å². The lowest BCUT2D eigenvalue weighted by Crippen LogP contribution is -2.42. The number of furan rings is 1. The number of nitrogens with two attached hydrogens (primary N) is 1. The van der Waals surface area contributed by atoms with Crippen molar-refractivity contribution < 1.29 is 44.0 Å². The van der Waals surface area contributed by atoms with Gasteiger partial charge in [-0.2, -0.15) is 0 Å². The van der Waals surface area contributed by atoms with Crippen LogP contribution in [0.4, 0.5) is 0 Å². The molecule has 0 spiro atoms. The largest absolute Gasteiger partial charge is 0.481 e. The van der Waals surface area contributed by atoms with Gasteiger partial charge in [0.2, 0.25) is 0 Å². The fourth-order valence-electron chi connectivity index (χ4n) is 1.13. The summed E-state index contributed by atoms with van der Waals surface area (Å²) in [6, 6.07) is 3.13. The molecule has 0 atom stereocenters. The van der Waals surface area contributed by atoms with E-state index in [9.17, 15) is 19.2 Å². The van der Waals surface area contributed by atoms with E-state index in [4.69, 9.17) is 26.2 Å². The first kappa shape index (κ1) is 18.1. The van der Waals surface area contributed by atoms with Gasteiger partial charge in [-0.3, -0.25) is 14.4 Å². The summed E-state index contributed by atoms with van der Waals surface area (Å²) in [6.45, 7) is 0. The highest BCUT2D eigenvalue weighted by molar-refractivity contribution is 5.89. The fraction of sp³-hybridized carbons (Fsp3) is 0.273. The summed E-state index contributed by atoms with van der Waals surface area (Å²) in [5, 5.41) is 33.8. The molecule has 10 nitrogen and oxygen atoms in total. The summed E-state index contributed by atoms with van der Waals surface area (Å²) < 4.78 is 4.62. The molecule has 1 heterocycles. The van der Waals surface area contributed by atoms with E-state index in [1.54, 1.807) is 6.07 Å². The van der Waals surface area contributed by atoms with Gasteiger partial charge in [0.05, 0.1) is 19.1 Å². The van der Waals surface area contributed by atoms with Crippen molar-refractivity contribution in [2.24, 2.45) is 5.73 Å². The van der Waals surface area contributed by atoms with Gasteiger partial charge in [-0.1, -0.05) is 0 Å². The number of amides is 1. The molecule has 0 unspecified atom stereocenters. The number of carbonyl (C=O) groups is 4. The Bertz CT molecular complexity index is 504. The minimum absolute atomic E-state index is 0.199. The van der Waals surface area contributed by atoms with Crippen LogP contribution in [0.1, 0.15) is 23.4 Å². The molecular formula is C11H13NO9. The Morgan fingerprint density at radius 3 is 1.76 bits per heavy atom. The van der Waals surface area contributed by atoms with Crippen LogP contribution in [-0.2, 0) is 14.4 Å². The van der Waals surface area contributed by atoms with Crippen molar-refractivity contribution in [1.82, 2.24) is 0 Å². The topological polar surface area (TPSA) is 188 Å². The molecule has 0 saturated carbocycles. The fourth-order valence-corrected chi connectivity index (χ4v) is 1.13. The first-order valence-corrected chi connectivity index (χ1v) is 5.31. The van der Waals surface area contributed by atoms with Gasteiger partial charge in [-0.05, 0) is 12.1 Å². The predicted molar refractivity (Wildman–Crippen MR) is 64.3 cm³/mol. The maximum atomic E-state index is 10.3. The van der Waals surface area contributed by atoms with Crippen LogP contribution in [0, 0.1) is 0 Å². The van der Waals surface area contributed by atoms with Crippen LogP contribution in [0.2, 0.25) is 0 Å². The number of rotatable bonds is 6. The molecule has 0 bridgehead atoms. The third-order valence-electron chi connectivity index (χ3n) is 2.05. The Kier molecular flexibility index (Phi) is 6.60. The molecule has 0 aliphatic heterocycles. The maximum Gasteiger partial charge on any atom is 0.336 e. The lowest BCUT2D eigenvalue weighted by atomic mass is 9.96. The molecule has 0 fully saturated rings. The van der Waals surface area contributed by atoms with Crippen LogP contribution in [0.3, 0.4) is 0 Å². The molecule has 0 radical (unpaired) electrons. The van der Waals surface area contributed by atoms with Gasteiger partial charge in [0.15, 0.2) is 11.4 Å². The highest BCUT2D eigenvalue weighted by Gasteiger charge is 2.40. The van der Waals surface area contributed by atoms with Crippen LogP contribution in [0.5, 0.6) is 0 Å². The number of aliphatic carboxylic acids is 3. The number of hydrogen-bond donors (Lipinski definition) is 5. The molecule has 1 amide bonds. The quantitative estimate of drug-likeness (QED) is 0.444. The average Bonchev–Trinajstić information content (AvgIpc) is 2.80. The van der Waals surface area contributed by atoms with E-state index in [0.29, 0.717) is 0 Å². The summed E-state index contributed by atoms with van der Waals surface area (Å²) in [7, 11) is 0. The van der Waals surface area contributed by atoms with E-state index in [1.807, 2.05) is 0 Å². The Hall–Kier alpha value is -2.88. The molecule has 0 aliphatic carbocycles. The van der Waals surface area contributed by atoms with Crippen molar-refractivity contribution in [3.63, 3.8) is 0 Å². The van der Waals surface area contributed by atoms with Crippen LogP contribution in [0.25, 0.3) is 0 Å². The molecule has 10 heteroatoms. The van der Waals surface area contributed by atoms with Crippen molar-refractivity contribution >= 4 is 23.8 Å². The second-order valence-corrected chi connectivity index (χ2v) is 3.82. The third kappa shape index (κ3) is 6.73. The summed E-state index contributed by atoms with van der Waals surface area (Å²) in [4.78, 5) is 40.7. The molecule has 116 valence electrons. The number of aliphatic hydroxyl groups is 1. The molecule has 21 heavy (non-hydrogen) atoms. The number of primary amides is 1. The average molecular weight is 303 g/mol. The van der Waals surface area contributed by atoms with Crippen molar-refractivity contribution in [1.29, 1.82) is 0 Å². The van der Waals surface area contributed by atoms with Gasteiger partial charge in [0, 0.05) is 0 Å². The van der Waals surface area contributed by atoms with Gasteiger partial charge >= 0.3 is 17.9 Å². The van der Waals surface area contributed by atoms with E-state index < -0.39 is 42.3 Å². The van der Waals surface area contributed by atoms with E-state index in [0.717, 1.165) is 0 Å². The summed E-state index contributed by atoms with van der Waals surface area (Å²) >= 11 is 0. The molecule has 6 N–H and O–H groups in total. The number of carbonyl (C=O) groups excluding carboxylic acids is 1. The van der Waals surface area contributed by atoms with Gasteiger partial charge in [-0.15, -0.1) is 0 Å². The summed E-state index contributed by atoms with van der Waals surface area (Å²) in [5.41, 5.74) is 2.09. The van der Waals surface area contributed by atoms with Crippen LogP contribution >= 0.6 is 0 Å². The highest BCUT2D eigenvalue weighted by Crippen LogP contribution is 2.15. The molecule has 0 aliphatic rings. The zero-order valence-electron chi connectivity index (χ0n) is 10.6. The van der Waals surface area contributed by atoms with E-state index in [2.05, 4.69) is 4.42 Å². The molecular weight excluding hydrogens is 290 g/mol. The molecule has 0 saturated heterocycles. The van der Waals surface area contributed by atoms with Crippen molar-refractivity contribution in [3.05, 3.63) is 24.2 Å². The third-order valence-corrected chi connectivity index (χ3v) is 2.05. The van der Waals surface area contributed by atoms with Crippen LogP contribution in [0.15, 0.2) is 22.8 Å². The van der Waals surface area contributed by atoms with Crippen molar-refractivity contribution in [2.75, 3.05) is 0 Å². The van der Waals surface area contributed by atoms with Gasteiger partial charge in [0.25, 0.3) is 5.91 Å². The minimum Gasteiger partial charge on any atom is -0.481 e. The molecule has 1 aromatic heterocycles.